The zero-order chi connectivity index (χ0) is 25.3. The average Bonchev–Trinajstić information content (AvgIpc) is 2.87. The number of hydrogen-bond donors (Lipinski definition) is 3. The van der Waals surface area contributed by atoms with Gasteiger partial charge >= 0.3 is 5.97 Å². The van der Waals surface area contributed by atoms with Crippen molar-refractivity contribution in [2.75, 3.05) is 19.6 Å². The molecule has 0 aromatic heterocycles. The summed E-state index contributed by atoms with van der Waals surface area (Å²) in [6.07, 6.45) is 4.78. The quantitative estimate of drug-likeness (QED) is 0.245. The number of rotatable bonds is 11. The highest BCUT2D eigenvalue weighted by molar-refractivity contribution is 8.76. The summed E-state index contributed by atoms with van der Waals surface area (Å²) in [6, 6.07) is 16.0. The number of esters is 1. The lowest BCUT2D eigenvalue weighted by atomic mass is 10.0. The van der Waals surface area contributed by atoms with Crippen molar-refractivity contribution in [3.05, 3.63) is 66.2 Å². The van der Waals surface area contributed by atoms with Gasteiger partial charge in [0.2, 0.25) is 11.8 Å². The van der Waals surface area contributed by atoms with E-state index >= 15 is 0 Å². The Kier molecular flexibility index (Phi) is 14.8. The highest BCUT2D eigenvalue weighted by atomic mass is 33.1. The summed E-state index contributed by atoms with van der Waals surface area (Å²) >= 11 is 0. The Bertz CT molecular complexity index is 867. The molecule has 34 heavy (non-hydrogen) atoms. The van der Waals surface area contributed by atoms with Gasteiger partial charge in [-0.1, -0.05) is 77.0 Å². The second-order valence-electron chi connectivity index (χ2n) is 7.30. The Morgan fingerprint density at radius 3 is 1.88 bits per heavy atom. The number of hydrogen-bond acceptors (Lipinski definition) is 7. The minimum absolute atomic E-state index is 0.273. The Labute approximate surface area is 210 Å². The largest absolute Gasteiger partial charge is 0.425 e. The highest BCUT2D eigenvalue weighted by Crippen LogP contribution is 2.12. The maximum Gasteiger partial charge on any atom is 0.334 e. The summed E-state index contributed by atoms with van der Waals surface area (Å²) in [6.45, 7) is 3.50. The summed E-state index contributed by atoms with van der Waals surface area (Å²) in [5.74, 6) is -0.882. The number of carbonyl (C=O) groups excluding carboxylic acids is 3. The molecular formula is C25H35N3O4S2. The summed E-state index contributed by atoms with van der Waals surface area (Å²) in [5, 5.41) is 8.29. The molecule has 0 aliphatic carbocycles. The van der Waals surface area contributed by atoms with Crippen LogP contribution >= 0.6 is 21.6 Å². The van der Waals surface area contributed by atoms with Gasteiger partial charge in [0.1, 0.15) is 17.8 Å². The maximum atomic E-state index is 12.8. The van der Waals surface area contributed by atoms with Gasteiger partial charge in [-0.25, -0.2) is 4.79 Å². The van der Waals surface area contributed by atoms with Gasteiger partial charge in [-0.05, 0) is 50.6 Å². The van der Waals surface area contributed by atoms with Gasteiger partial charge in [0, 0.05) is 6.42 Å². The first kappa shape index (κ1) is 29.5. The Morgan fingerprint density at radius 2 is 1.38 bits per heavy atom. The topological polar surface area (TPSA) is 96.5 Å². The molecule has 2 aromatic carbocycles. The molecule has 2 unspecified atom stereocenters. The summed E-state index contributed by atoms with van der Waals surface area (Å²) in [4.78, 5) is 37.8. The van der Waals surface area contributed by atoms with Crippen molar-refractivity contribution < 1.29 is 19.1 Å². The van der Waals surface area contributed by atoms with E-state index in [1.165, 1.54) is 0 Å². The molecular weight excluding hydrogens is 470 g/mol. The van der Waals surface area contributed by atoms with Crippen LogP contribution in [-0.4, -0.2) is 55.5 Å². The van der Waals surface area contributed by atoms with Crippen LogP contribution in [0, 0.1) is 0 Å². The van der Waals surface area contributed by atoms with Crippen molar-refractivity contribution >= 4 is 39.4 Å². The number of benzene rings is 2. The van der Waals surface area contributed by atoms with Crippen LogP contribution in [0.4, 0.5) is 0 Å². The lowest BCUT2D eigenvalue weighted by Crippen LogP contribution is -2.55. The smallest absolute Gasteiger partial charge is 0.334 e. The lowest BCUT2D eigenvalue weighted by molar-refractivity contribution is -0.140. The van der Waals surface area contributed by atoms with Gasteiger partial charge in [-0.3, -0.25) is 9.59 Å². The van der Waals surface area contributed by atoms with E-state index in [2.05, 4.69) is 28.5 Å². The van der Waals surface area contributed by atoms with Crippen molar-refractivity contribution in [2.24, 2.45) is 0 Å². The molecule has 3 atom stereocenters. The Hall–Kier alpha value is -2.49. The standard InChI is InChI=1S/C23H29N3O4.C2H6S2/c1-4-19(25-21(27)16(2)24-3)22(28)26-20(15-17-11-7-5-8-12-17)23(29)30-18-13-9-6-10-14-18;1-3-4-2/h5-14,16,19-20,24H,4,15H2,1-3H3,(H,25,27)(H,26,28);1-2H3/t16?,19?,20-;/m0./s1. The maximum absolute atomic E-state index is 12.8. The van der Waals surface area contributed by atoms with Crippen molar-refractivity contribution in [2.45, 2.75) is 44.8 Å². The molecule has 0 aliphatic rings. The Morgan fingerprint density at radius 1 is 0.853 bits per heavy atom. The fourth-order valence-electron chi connectivity index (χ4n) is 2.77. The van der Waals surface area contributed by atoms with E-state index in [-0.39, 0.29) is 12.3 Å². The molecule has 0 aliphatic heterocycles. The van der Waals surface area contributed by atoms with Crippen molar-refractivity contribution in [1.29, 1.82) is 0 Å². The van der Waals surface area contributed by atoms with Crippen LogP contribution in [-0.2, 0) is 20.8 Å². The third-order valence-electron chi connectivity index (χ3n) is 4.88. The van der Waals surface area contributed by atoms with E-state index in [1.54, 1.807) is 66.7 Å². The zero-order valence-corrected chi connectivity index (χ0v) is 22.0. The zero-order valence-electron chi connectivity index (χ0n) is 20.4. The number of amides is 2. The van der Waals surface area contributed by atoms with Crippen LogP contribution in [0.15, 0.2) is 60.7 Å². The van der Waals surface area contributed by atoms with E-state index in [1.807, 2.05) is 36.4 Å². The number of likely N-dealkylation sites (N-methyl/N-ethyl adjacent to an activating group) is 1. The minimum Gasteiger partial charge on any atom is -0.425 e. The van der Waals surface area contributed by atoms with Crippen LogP contribution in [0.2, 0.25) is 0 Å². The van der Waals surface area contributed by atoms with Crippen LogP contribution < -0.4 is 20.7 Å². The van der Waals surface area contributed by atoms with Gasteiger partial charge in [0.25, 0.3) is 0 Å². The summed E-state index contributed by atoms with van der Waals surface area (Å²) < 4.78 is 5.45. The Balaban J connectivity index is 0.00000133. The summed E-state index contributed by atoms with van der Waals surface area (Å²) in [7, 11) is 5.21. The highest BCUT2D eigenvalue weighted by Gasteiger charge is 2.28. The van der Waals surface area contributed by atoms with E-state index in [4.69, 9.17) is 4.74 Å². The lowest BCUT2D eigenvalue weighted by Gasteiger charge is -2.23. The number of para-hydroxylation sites is 1. The molecule has 9 heteroatoms. The van der Waals surface area contributed by atoms with Gasteiger partial charge in [-0.2, -0.15) is 0 Å². The molecule has 7 nitrogen and oxygen atoms in total. The predicted octanol–water partition coefficient (Wildman–Crippen LogP) is 3.45. The third kappa shape index (κ3) is 11.1. The van der Waals surface area contributed by atoms with E-state index in [9.17, 15) is 14.4 Å². The molecule has 0 spiro atoms. The second kappa shape index (κ2) is 17.0. The van der Waals surface area contributed by atoms with E-state index < -0.39 is 30.0 Å². The molecule has 2 rings (SSSR count). The third-order valence-corrected chi connectivity index (χ3v) is 6.21. The number of ether oxygens (including phenoxy) is 1. The summed E-state index contributed by atoms with van der Waals surface area (Å²) in [5.41, 5.74) is 0.883. The second-order valence-corrected chi connectivity index (χ2v) is 9.96. The van der Waals surface area contributed by atoms with Gasteiger partial charge in [0.05, 0.1) is 6.04 Å². The first-order valence-electron chi connectivity index (χ1n) is 11.0. The first-order valence-corrected chi connectivity index (χ1v) is 14.0. The average molecular weight is 506 g/mol. The van der Waals surface area contributed by atoms with Gasteiger partial charge < -0.3 is 20.7 Å². The number of nitrogens with one attached hydrogen (secondary N) is 3. The first-order chi connectivity index (χ1) is 16.4. The molecule has 186 valence electrons. The van der Waals surface area contributed by atoms with Crippen molar-refractivity contribution in [3.8, 4) is 5.75 Å². The molecule has 0 radical (unpaired) electrons. The van der Waals surface area contributed by atoms with Gasteiger partial charge in [0.15, 0.2) is 0 Å². The molecule has 2 aromatic rings. The van der Waals surface area contributed by atoms with Gasteiger partial charge in [-0.15, -0.1) is 0 Å². The monoisotopic (exact) mass is 505 g/mol. The SMILES string of the molecule is CCC(NC(=O)C(C)NC)C(=O)N[C@@H](Cc1ccccc1)C(=O)Oc1ccccc1.CSSC. The van der Waals surface area contributed by atoms with E-state index in [0.29, 0.717) is 12.2 Å². The van der Waals surface area contributed by atoms with Crippen LogP contribution in [0.25, 0.3) is 0 Å². The van der Waals surface area contributed by atoms with E-state index in [0.717, 1.165) is 5.56 Å². The van der Waals surface area contributed by atoms with Crippen molar-refractivity contribution in [1.82, 2.24) is 16.0 Å². The molecule has 0 bridgehead atoms. The van der Waals surface area contributed by atoms with Crippen molar-refractivity contribution in [3.63, 3.8) is 0 Å². The van der Waals surface area contributed by atoms with Crippen LogP contribution in [0.3, 0.4) is 0 Å². The van der Waals surface area contributed by atoms with Crippen LogP contribution in [0.1, 0.15) is 25.8 Å². The molecule has 0 saturated heterocycles. The molecule has 0 fully saturated rings. The number of carbonyl (C=O) groups is 3. The van der Waals surface area contributed by atoms with Crippen LogP contribution in [0.5, 0.6) is 5.75 Å². The molecule has 0 heterocycles. The predicted molar refractivity (Wildman–Crippen MR) is 142 cm³/mol. The molecule has 0 saturated carbocycles. The fraction of sp³-hybridized carbons (Fsp3) is 0.400. The normalized spacial score (nSPS) is 12.9. The fourth-order valence-corrected chi connectivity index (χ4v) is 2.77. The molecule has 2 amide bonds. The minimum atomic E-state index is -0.896. The molecule has 3 N–H and O–H groups in total.